The van der Waals surface area contributed by atoms with Crippen LogP contribution in [-0.2, 0) is 10.0 Å². The van der Waals surface area contributed by atoms with E-state index < -0.39 is 10.0 Å². The van der Waals surface area contributed by atoms with E-state index in [-0.39, 0.29) is 4.90 Å². The van der Waals surface area contributed by atoms with Gasteiger partial charge in [0.25, 0.3) is 10.0 Å². The van der Waals surface area contributed by atoms with Gasteiger partial charge >= 0.3 is 0 Å². The first-order chi connectivity index (χ1) is 10.9. The fourth-order valence-corrected chi connectivity index (χ4v) is 3.97. The molecule has 0 fully saturated rings. The van der Waals surface area contributed by atoms with Gasteiger partial charge in [0, 0.05) is 16.6 Å². The third-order valence-corrected chi connectivity index (χ3v) is 5.51. The van der Waals surface area contributed by atoms with E-state index in [1.165, 1.54) is 23.5 Å². The molecule has 1 aromatic heterocycles. The van der Waals surface area contributed by atoms with Crippen LogP contribution in [0.4, 0.5) is 10.8 Å². The molecule has 0 saturated heterocycles. The molecule has 0 unspecified atom stereocenters. The molecule has 0 radical (unpaired) electrons. The first kappa shape index (κ1) is 15.5. The van der Waals surface area contributed by atoms with E-state index in [0.29, 0.717) is 10.8 Å². The second-order valence-electron chi connectivity index (χ2n) is 5.08. The number of rotatable bonds is 4. The zero-order chi connectivity index (χ0) is 16.4. The van der Waals surface area contributed by atoms with Crippen LogP contribution in [0.1, 0.15) is 5.56 Å². The minimum atomic E-state index is -3.66. The van der Waals surface area contributed by atoms with Crippen LogP contribution >= 0.6 is 11.3 Å². The maximum Gasteiger partial charge on any atom is 0.263 e. The van der Waals surface area contributed by atoms with Crippen molar-refractivity contribution in [3.63, 3.8) is 0 Å². The molecule has 0 atom stereocenters. The van der Waals surface area contributed by atoms with Gasteiger partial charge in [-0.15, -0.1) is 11.3 Å². The van der Waals surface area contributed by atoms with E-state index in [9.17, 15) is 8.42 Å². The monoisotopic (exact) mass is 345 g/mol. The maximum atomic E-state index is 12.3. The standard InChI is InChI=1S/C16H15N3O2S2/c1-11-2-4-12(5-3-11)15-10-22-16(18-15)19-23(20,21)14-8-6-13(17)7-9-14/h2-10H,17H2,1H3,(H,18,19). The largest absolute Gasteiger partial charge is 0.399 e. The third kappa shape index (κ3) is 3.52. The third-order valence-electron chi connectivity index (χ3n) is 3.26. The summed E-state index contributed by atoms with van der Waals surface area (Å²) < 4.78 is 27.1. The molecule has 3 rings (SSSR count). The summed E-state index contributed by atoms with van der Waals surface area (Å²) in [4.78, 5) is 4.49. The maximum absolute atomic E-state index is 12.3. The van der Waals surface area contributed by atoms with Crippen molar-refractivity contribution in [1.82, 2.24) is 4.98 Å². The summed E-state index contributed by atoms with van der Waals surface area (Å²) in [6.45, 7) is 2.01. The average Bonchev–Trinajstić information content (AvgIpc) is 2.96. The van der Waals surface area contributed by atoms with Crippen molar-refractivity contribution in [2.45, 2.75) is 11.8 Å². The van der Waals surface area contributed by atoms with E-state index >= 15 is 0 Å². The van der Waals surface area contributed by atoms with Crippen LogP contribution in [0, 0.1) is 6.92 Å². The van der Waals surface area contributed by atoms with E-state index in [2.05, 4.69) is 9.71 Å². The zero-order valence-electron chi connectivity index (χ0n) is 12.4. The fourth-order valence-electron chi connectivity index (χ4n) is 2.00. The predicted molar refractivity (Wildman–Crippen MR) is 93.9 cm³/mol. The van der Waals surface area contributed by atoms with Crippen LogP contribution in [0.5, 0.6) is 0 Å². The van der Waals surface area contributed by atoms with Gasteiger partial charge in [0.15, 0.2) is 5.13 Å². The minimum absolute atomic E-state index is 0.152. The Kier molecular flexibility index (Phi) is 4.06. The van der Waals surface area contributed by atoms with Crippen molar-refractivity contribution in [3.8, 4) is 11.3 Å². The van der Waals surface area contributed by atoms with Gasteiger partial charge in [0.05, 0.1) is 10.6 Å². The lowest BCUT2D eigenvalue weighted by atomic mass is 10.1. The molecule has 7 heteroatoms. The van der Waals surface area contributed by atoms with Gasteiger partial charge in [-0.1, -0.05) is 29.8 Å². The lowest BCUT2D eigenvalue weighted by molar-refractivity contribution is 0.601. The number of benzene rings is 2. The Hall–Kier alpha value is -2.38. The number of aromatic nitrogens is 1. The lowest BCUT2D eigenvalue weighted by Gasteiger charge is -2.05. The average molecular weight is 345 g/mol. The van der Waals surface area contributed by atoms with Crippen molar-refractivity contribution < 1.29 is 8.42 Å². The number of hydrogen-bond acceptors (Lipinski definition) is 5. The topological polar surface area (TPSA) is 85.1 Å². The Bertz CT molecular complexity index is 915. The van der Waals surface area contributed by atoms with Crippen molar-refractivity contribution in [3.05, 3.63) is 59.5 Å². The number of nitrogens with two attached hydrogens (primary N) is 1. The fraction of sp³-hybridized carbons (Fsp3) is 0.0625. The molecule has 118 valence electrons. The van der Waals surface area contributed by atoms with E-state index in [1.54, 1.807) is 12.1 Å². The van der Waals surface area contributed by atoms with Gasteiger partial charge in [0.2, 0.25) is 0 Å². The highest BCUT2D eigenvalue weighted by molar-refractivity contribution is 7.93. The minimum Gasteiger partial charge on any atom is -0.399 e. The second kappa shape index (κ2) is 6.02. The molecule has 5 nitrogen and oxygen atoms in total. The first-order valence-electron chi connectivity index (χ1n) is 6.85. The van der Waals surface area contributed by atoms with E-state index in [1.807, 2.05) is 36.6 Å². The molecule has 2 aromatic carbocycles. The Balaban J connectivity index is 1.83. The molecule has 0 aliphatic carbocycles. The summed E-state index contributed by atoms with van der Waals surface area (Å²) in [5, 5.41) is 2.16. The molecule has 1 heterocycles. The Labute approximate surface area is 138 Å². The van der Waals surface area contributed by atoms with E-state index in [4.69, 9.17) is 5.73 Å². The molecule has 0 aliphatic rings. The molecule has 0 amide bonds. The van der Waals surface area contributed by atoms with Crippen molar-refractivity contribution in [1.29, 1.82) is 0 Å². The van der Waals surface area contributed by atoms with Crippen LogP contribution in [0.2, 0.25) is 0 Å². The smallest absolute Gasteiger partial charge is 0.263 e. The number of aryl methyl sites for hydroxylation is 1. The quantitative estimate of drug-likeness (QED) is 0.709. The molecule has 0 saturated carbocycles. The molecule has 23 heavy (non-hydrogen) atoms. The Morgan fingerprint density at radius 3 is 2.35 bits per heavy atom. The number of sulfonamides is 1. The Morgan fingerprint density at radius 1 is 1.04 bits per heavy atom. The summed E-state index contributed by atoms with van der Waals surface area (Å²) in [6, 6.07) is 13.9. The summed E-state index contributed by atoms with van der Waals surface area (Å²) in [5.74, 6) is 0. The number of nitrogens with zero attached hydrogens (tertiary/aromatic N) is 1. The normalized spacial score (nSPS) is 11.3. The van der Waals surface area contributed by atoms with Gasteiger partial charge in [-0.3, -0.25) is 4.72 Å². The van der Waals surface area contributed by atoms with E-state index in [0.717, 1.165) is 16.8 Å². The number of nitrogens with one attached hydrogen (secondary N) is 1. The number of thiazole rings is 1. The van der Waals surface area contributed by atoms with Gasteiger partial charge < -0.3 is 5.73 Å². The molecule has 0 bridgehead atoms. The first-order valence-corrected chi connectivity index (χ1v) is 9.21. The molecule has 3 N–H and O–H groups in total. The molecule has 3 aromatic rings. The van der Waals surface area contributed by atoms with Gasteiger partial charge in [0.1, 0.15) is 0 Å². The van der Waals surface area contributed by atoms with Crippen molar-refractivity contribution in [2.24, 2.45) is 0 Å². The SMILES string of the molecule is Cc1ccc(-c2csc(NS(=O)(=O)c3ccc(N)cc3)n2)cc1. The van der Waals surface area contributed by atoms with Crippen LogP contribution in [0.25, 0.3) is 11.3 Å². The summed E-state index contributed by atoms with van der Waals surface area (Å²) in [7, 11) is -3.66. The predicted octanol–water partition coefficient (Wildman–Crippen LogP) is 3.50. The molecule has 0 spiro atoms. The van der Waals surface area contributed by atoms with Crippen LogP contribution in [0.15, 0.2) is 58.8 Å². The van der Waals surface area contributed by atoms with Crippen LogP contribution < -0.4 is 10.5 Å². The number of anilines is 2. The summed E-state index contributed by atoms with van der Waals surface area (Å²) in [5.41, 5.74) is 8.94. The highest BCUT2D eigenvalue weighted by Crippen LogP contribution is 2.27. The number of nitrogen functional groups attached to an aromatic ring is 1. The highest BCUT2D eigenvalue weighted by atomic mass is 32.2. The molecular formula is C16H15N3O2S2. The van der Waals surface area contributed by atoms with Crippen molar-refractivity contribution >= 4 is 32.2 Å². The van der Waals surface area contributed by atoms with Gasteiger partial charge in [-0.05, 0) is 31.2 Å². The number of hydrogen-bond donors (Lipinski definition) is 2. The summed E-state index contributed by atoms with van der Waals surface area (Å²) >= 11 is 1.25. The second-order valence-corrected chi connectivity index (χ2v) is 7.62. The van der Waals surface area contributed by atoms with Crippen LogP contribution in [0.3, 0.4) is 0 Å². The molecular weight excluding hydrogens is 330 g/mol. The molecule has 0 aliphatic heterocycles. The van der Waals surface area contributed by atoms with Gasteiger partial charge in [-0.2, -0.15) is 0 Å². The van der Waals surface area contributed by atoms with Crippen molar-refractivity contribution in [2.75, 3.05) is 10.5 Å². The summed E-state index contributed by atoms with van der Waals surface area (Å²) in [6.07, 6.45) is 0. The van der Waals surface area contributed by atoms with Crippen LogP contribution in [-0.4, -0.2) is 13.4 Å². The lowest BCUT2D eigenvalue weighted by Crippen LogP contribution is -2.12. The van der Waals surface area contributed by atoms with Gasteiger partial charge in [-0.25, -0.2) is 13.4 Å². The zero-order valence-corrected chi connectivity index (χ0v) is 14.0. The highest BCUT2D eigenvalue weighted by Gasteiger charge is 2.16. The Morgan fingerprint density at radius 2 is 1.70 bits per heavy atom.